The van der Waals surface area contributed by atoms with Crippen molar-refractivity contribution in [3.05, 3.63) is 24.2 Å². The summed E-state index contributed by atoms with van der Waals surface area (Å²) < 4.78 is 5.23. The Kier molecular flexibility index (Phi) is 4.66. The summed E-state index contributed by atoms with van der Waals surface area (Å²) in [6.45, 7) is 1.86. The van der Waals surface area contributed by atoms with Gasteiger partial charge in [0.2, 0.25) is 5.91 Å². The molecule has 0 bridgehead atoms. The summed E-state index contributed by atoms with van der Waals surface area (Å²) in [7, 11) is 0. The molecule has 4 heteroatoms. The van der Waals surface area contributed by atoms with Gasteiger partial charge in [-0.2, -0.15) is 0 Å². The SMILES string of the molecule is O=C(CCc1ccco1)N1CCC(CCBr)C1. The zero-order valence-electron chi connectivity index (χ0n) is 9.90. The van der Waals surface area contributed by atoms with E-state index in [0.717, 1.165) is 30.6 Å². The van der Waals surface area contributed by atoms with Gasteiger partial charge in [0.25, 0.3) is 0 Å². The number of carbonyl (C=O) groups excluding carboxylic acids is 1. The Labute approximate surface area is 110 Å². The van der Waals surface area contributed by atoms with Crippen LogP contribution in [-0.4, -0.2) is 29.2 Å². The molecular formula is C13H18BrNO2. The summed E-state index contributed by atoms with van der Waals surface area (Å²) >= 11 is 3.46. The van der Waals surface area contributed by atoms with Crippen LogP contribution < -0.4 is 0 Å². The third kappa shape index (κ3) is 3.60. The van der Waals surface area contributed by atoms with Gasteiger partial charge in [0.1, 0.15) is 5.76 Å². The second-order valence-electron chi connectivity index (χ2n) is 4.55. The fourth-order valence-corrected chi connectivity index (χ4v) is 2.94. The number of furan rings is 1. The molecule has 94 valence electrons. The van der Waals surface area contributed by atoms with E-state index in [4.69, 9.17) is 4.42 Å². The zero-order chi connectivity index (χ0) is 12.1. The first-order chi connectivity index (χ1) is 8.29. The quantitative estimate of drug-likeness (QED) is 0.784. The van der Waals surface area contributed by atoms with E-state index >= 15 is 0 Å². The number of amides is 1. The van der Waals surface area contributed by atoms with E-state index in [9.17, 15) is 4.79 Å². The van der Waals surface area contributed by atoms with Crippen LogP contribution in [0.3, 0.4) is 0 Å². The van der Waals surface area contributed by atoms with Crippen LogP contribution >= 0.6 is 15.9 Å². The van der Waals surface area contributed by atoms with Crippen LogP contribution in [0.15, 0.2) is 22.8 Å². The van der Waals surface area contributed by atoms with Crippen LogP contribution in [0.1, 0.15) is 25.0 Å². The van der Waals surface area contributed by atoms with E-state index in [2.05, 4.69) is 15.9 Å². The summed E-state index contributed by atoms with van der Waals surface area (Å²) in [5, 5.41) is 1.03. The molecule has 0 radical (unpaired) electrons. The predicted octanol–water partition coefficient (Wildman–Crippen LogP) is 2.85. The largest absolute Gasteiger partial charge is 0.469 e. The van der Waals surface area contributed by atoms with Gasteiger partial charge >= 0.3 is 0 Å². The molecule has 3 nitrogen and oxygen atoms in total. The highest BCUT2D eigenvalue weighted by molar-refractivity contribution is 9.09. The minimum Gasteiger partial charge on any atom is -0.469 e. The van der Waals surface area contributed by atoms with Crippen molar-refractivity contribution in [1.82, 2.24) is 4.90 Å². The highest BCUT2D eigenvalue weighted by atomic mass is 79.9. The van der Waals surface area contributed by atoms with Gasteiger partial charge in [-0.1, -0.05) is 15.9 Å². The highest BCUT2D eigenvalue weighted by Crippen LogP contribution is 2.21. The summed E-state index contributed by atoms with van der Waals surface area (Å²) in [5.74, 6) is 1.84. The number of hydrogen-bond donors (Lipinski definition) is 0. The van der Waals surface area contributed by atoms with Gasteiger partial charge in [0.15, 0.2) is 0 Å². The number of rotatable bonds is 5. The summed E-state index contributed by atoms with van der Waals surface area (Å²) in [6, 6.07) is 3.78. The van der Waals surface area contributed by atoms with Crippen molar-refractivity contribution in [3.63, 3.8) is 0 Å². The second-order valence-corrected chi connectivity index (χ2v) is 5.34. The minimum atomic E-state index is 0.262. The maximum Gasteiger partial charge on any atom is 0.223 e. The summed E-state index contributed by atoms with van der Waals surface area (Å²) in [6.07, 6.45) is 5.25. The zero-order valence-corrected chi connectivity index (χ0v) is 11.5. The van der Waals surface area contributed by atoms with Crippen molar-refractivity contribution in [2.45, 2.75) is 25.7 Å². The number of likely N-dealkylation sites (tertiary alicyclic amines) is 1. The molecule has 2 heterocycles. The molecule has 1 amide bonds. The Bertz CT molecular complexity index is 350. The van der Waals surface area contributed by atoms with Crippen LogP contribution in [0, 0.1) is 5.92 Å². The minimum absolute atomic E-state index is 0.262. The molecule has 1 fully saturated rings. The summed E-state index contributed by atoms with van der Waals surface area (Å²) in [5.41, 5.74) is 0. The molecule has 1 atom stereocenters. The Morgan fingerprint density at radius 2 is 2.47 bits per heavy atom. The Hall–Kier alpha value is -0.770. The number of aryl methyl sites for hydroxylation is 1. The maximum absolute atomic E-state index is 12.0. The topological polar surface area (TPSA) is 33.5 Å². The number of carbonyl (C=O) groups is 1. The Morgan fingerprint density at radius 1 is 1.59 bits per heavy atom. The van der Waals surface area contributed by atoms with E-state index in [1.165, 1.54) is 6.42 Å². The molecule has 17 heavy (non-hydrogen) atoms. The maximum atomic E-state index is 12.0. The molecule has 1 saturated heterocycles. The summed E-state index contributed by atoms with van der Waals surface area (Å²) in [4.78, 5) is 14.0. The van der Waals surface area contributed by atoms with Crippen LogP contribution in [-0.2, 0) is 11.2 Å². The van der Waals surface area contributed by atoms with Crippen molar-refractivity contribution in [3.8, 4) is 0 Å². The second kappa shape index (κ2) is 6.24. The van der Waals surface area contributed by atoms with Crippen LogP contribution in [0.4, 0.5) is 0 Å². The molecule has 0 spiro atoms. The third-order valence-corrected chi connectivity index (χ3v) is 3.78. The van der Waals surface area contributed by atoms with E-state index in [1.807, 2.05) is 17.0 Å². The number of hydrogen-bond acceptors (Lipinski definition) is 2. The van der Waals surface area contributed by atoms with E-state index in [0.29, 0.717) is 18.8 Å². The lowest BCUT2D eigenvalue weighted by molar-refractivity contribution is -0.130. The lowest BCUT2D eigenvalue weighted by Gasteiger charge is -2.15. The van der Waals surface area contributed by atoms with Crippen molar-refractivity contribution in [2.24, 2.45) is 5.92 Å². The monoisotopic (exact) mass is 299 g/mol. The molecule has 0 saturated carbocycles. The molecule has 0 N–H and O–H groups in total. The fourth-order valence-electron chi connectivity index (χ4n) is 2.29. The Morgan fingerprint density at radius 3 is 3.18 bits per heavy atom. The lowest BCUT2D eigenvalue weighted by Crippen LogP contribution is -2.28. The predicted molar refractivity (Wildman–Crippen MR) is 70.1 cm³/mol. The van der Waals surface area contributed by atoms with Crippen LogP contribution in [0.2, 0.25) is 0 Å². The molecule has 0 aliphatic carbocycles. The van der Waals surface area contributed by atoms with Crippen molar-refractivity contribution in [1.29, 1.82) is 0 Å². The van der Waals surface area contributed by atoms with Gasteiger partial charge in [0, 0.05) is 31.3 Å². The van der Waals surface area contributed by atoms with Gasteiger partial charge in [-0.15, -0.1) is 0 Å². The highest BCUT2D eigenvalue weighted by Gasteiger charge is 2.25. The van der Waals surface area contributed by atoms with Gasteiger partial charge in [-0.05, 0) is 30.9 Å². The fraction of sp³-hybridized carbons (Fsp3) is 0.615. The molecule has 1 aromatic rings. The number of nitrogens with zero attached hydrogens (tertiary/aromatic N) is 1. The van der Waals surface area contributed by atoms with Crippen molar-refractivity contribution in [2.75, 3.05) is 18.4 Å². The van der Waals surface area contributed by atoms with Gasteiger partial charge in [-0.3, -0.25) is 4.79 Å². The number of halogens is 1. The Balaban J connectivity index is 1.73. The van der Waals surface area contributed by atoms with Crippen LogP contribution in [0.25, 0.3) is 0 Å². The molecule has 2 rings (SSSR count). The average Bonchev–Trinajstić information content (AvgIpc) is 2.97. The van der Waals surface area contributed by atoms with Gasteiger partial charge in [-0.25, -0.2) is 0 Å². The lowest BCUT2D eigenvalue weighted by atomic mass is 10.1. The normalized spacial score (nSPS) is 19.8. The molecule has 0 aromatic carbocycles. The van der Waals surface area contributed by atoms with Gasteiger partial charge in [0.05, 0.1) is 6.26 Å². The molecule has 1 aromatic heterocycles. The molecule has 1 aliphatic rings. The number of alkyl halides is 1. The molecule has 1 unspecified atom stereocenters. The first kappa shape index (κ1) is 12.7. The first-order valence-corrected chi connectivity index (χ1v) is 7.28. The average molecular weight is 300 g/mol. The van der Waals surface area contributed by atoms with Crippen molar-refractivity contribution < 1.29 is 9.21 Å². The first-order valence-electron chi connectivity index (χ1n) is 6.15. The van der Waals surface area contributed by atoms with E-state index in [1.54, 1.807) is 6.26 Å². The third-order valence-electron chi connectivity index (χ3n) is 3.32. The molecule has 1 aliphatic heterocycles. The standard InChI is InChI=1S/C13H18BrNO2/c14-7-5-11-6-8-15(10-11)13(16)4-3-12-2-1-9-17-12/h1-2,9,11H,3-8,10H2. The van der Waals surface area contributed by atoms with Crippen molar-refractivity contribution >= 4 is 21.8 Å². The van der Waals surface area contributed by atoms with Gasteiger partial charge < -0.3 is 9.32 Å². The van der Waals surface area contributed by atoms with E-state index in [-0.39, 0.29) is 5.91 Å². The van der Waals surface area contributed by atoms with Crippen LogP contribution in [0.5, 0.6) is 0 Å². The smallest absolute Gasteiger partial charge is 0.223 e. The van der Waals surface area contributed by atoms with E-state index < -0.39 is 0 Å². The molecular weight excluding hydrogens is 282 g/mol.